The Bertz CT molecular complexity index is 1430. The van der Waals surface area contributed by atoms with Crippen LogP contribution in [0.25, 0.3) is 0 Å². The number of piperidine rings is 1. The van der Waals surface area contributed by atoms with Gasteiger partial charge in [0.15, 0.2) is 17.2 Å². The number of carbonyl (C=O) groups excluding carboxylic acids is 3. The summed E-state index contributed by atoms with van der Waals surface area (Å²) in [4.78, 5) is 46.0. The highest BCUT2D eigenvalue weighted by atomic mass is 16.7. The number of allylic oxidation sites excluding steroid dienone is 3. The van der Waals surface area contributed by atoms with Crippen molar-refractivity contribution >= 4 is 23.5 Å². The molecule has 0 radical (unpaired) electrons. The summed E-state index contributed by atoms with van der Waals surface area (Å²) in [6, 6.07) is 0.277. The molecule has 2 heterocycles. The van der Waals surface area contributed by atoms with Crippen LogP contribution >= 0.6 is 0 Å². The number of rotatable bonds is 14. The lowest BCUT2D eigenvalue weighted by atomic mass is 9.61. The van der Waals surface area contributed by atoms with Crippen molar-refractivity contribution in [3.63, 3.8) is 0 Å². The summed E-state index contributed by atoms with van der Waals surface area (Å²) in [7, 11) is 3.87. The molecule has 12 heteroatoms. The van der Waals surface area contributed by atoms with Crippen LogP contribution in [0.5, 0.6) is 0 Å². The van der Waals surface area contributed by atoms with Gasteiger partial charge < -0.3 is 25.4 Å². The molecule has 12 nitrogen and oxygen atoms in total. The molecule has 4 fully saturated rings. The number of hydrogen-bond donors (Lipinski definition) is 7. The Balaban J connectivity index is 1.20. The first-order valence-electron chi connectivity index (χ1n) is 19.9. The molecule has 282 valence electrons. The minimum atomic E-state index is -1.84. The average molecular weight is 712 g/mol. The van der Waals surface area contributed by atoms with Crippen LogP contribution in [-0.4, -0.2) is 93.4 Å². The molecule has 10 unspecified atom stereocenters. The molecule has 10 atom stereocenters. The summed E-state index contributed by atoms with van der Waals surface area (Å²) in [5.74, 6) is -0.344. The molecule has 0 aromatic rings. The van der Waals surface area contributed by atoms with Gasteiger partial charge in [-0.1, -0.05) is 36.6 Å². The minimum absolute atomic E-state index is 0.0775. The van der Waals surface area contributed by atoms with E-state index in [1.54, 1.807) is 0 Å². The maximum atomic E-state index is 14.4. The lowest BCUT2D eigenvalue weighted by molar-refractivity contribution is -0.717. The highest BCUT2D eigenvalue weighted by Crippen LogP contribution is 2.61. The van der Waals surface area contributed by atoms with Gasteiger partial charge in [-0.25, -0.2) is 10.1 Å². The van der Waals surface area contributed by atoms with Gasteiger partial charge in [0.1, 0.15) is 25.5 Å². The number of likely N-dealkylation sites (N-methyl/N-ethyl adjacent to an activating group) is 1. The van der Waals surface area contributed by atoms with E-state index in [0.717, 1.165) is 70.3 Å². The number of carbonyl (C=O) groups is 3. The fourth-order valence-corrected chi connectivity index (χ4v) is 9.97. The van der Waals surface area contributed by atoms with Crippen molar-refractivity contribution in [2.24, 2.45) is 35.3 Å². The standard InChI is InChI=1S/C39H61N7O5/c1-5-43-31-20-26-11-7-6-10-25(26)19-28(31)22-50-36(49)39-35(48)30-13-9-8-12-29(30)34(47)38(39,51-39)16-14-24(2)18-32(46-37(40)42-4)27-15-17-44-33(21-27)45-23-41-3/h7,11,14,20,25,27-33,41,43-45H,5-6,8-10,12-13,15-19,21-23H2,1-4H3,(H3,40,42,46)/p+4. The molecule has 2 saturated heterocycles. The van der Waals surface area contributed by atoms with E-state index in [1.165, 1.54) is 5.57 Å². The van der Waals surface area contributed by atoms with Crippen LogP contribution in [0.1, 0.15) is 84.5 Å². The number of Topliss-reactive ketones (excluding diaryl/α,β-unsaturated/α-hetero) is 2. The number of hydrogen-bond acceptors (Lipinski definition) is 6. The topological polar surface area (TPSA) is 187 Å². The quantitative estimate of drug-likeness (QED) is 0.0198. The molecule has 0 amide bonds. The predicted octanol–water partition coefficient (Wildman–Crippen LogP) is -2.39. The maximum Gasteiger partial charge on any atom is 0.350 e. The lowest BCUT2D eigenvalue weighted by Crippen LogP contribution is -2.98. The van der Waals surface area contributed by atoms with Gasteiger partial charge in [0, 0.05) is 49.4 Å². The highest BCUT2D eigenvalue weighted by molar-refractivity contribution is 6.23. The average Bonchev–Trinajstić information content (AvgIpc) is 3.86. The van der Waals surface area contributed by atoms with Gasteiger partial charge >= 0.3 is 11.9 Å². The number of quaternary nitrogens is 3. The fourth-order valence-electron chi connectivity index (χ4n) is 9.97. The summed E-state index contributed by atoms with van der Waals surface area (Å²) in [6.07, 6.45) is 18.4. The van der Waals surface area contributed by atoms with Crippen LogP contribution in [-0.2, 0) is 23.9 Å². The van der Waals surface area contributed by atoms with Crippen LogP contribution < -0.4 is 37.3 Å². The molecular weight excluding hydrogens is 646 g/mol. The van der Waals surface area contributed by atoms with Gasteiger partial charge in [-0.15, -0.1) is 0 Å². The van der Waals surface area contributed by atoms with E-state index in [4.69, 9.17) is 15.2 Å². The first-order valence-corrected chi connectivity index (χ1v) is 19.9. The molecular formula is C39H65N7O5+4. The molecule has 0 aromatic heterocycles. The Morgan fingerprint density at radius 3 is 2.73 bits per heavy atom. The number of guanidine groups is 1. The second-order valence-electron chi connectivity index (χ2n) is 16.1. The van der Waals surface area contributed by atoms with Crippen LogP contribution in [0.2, 0.25) is 0 Å². The largest absolute Gasteiger partial charge is 0.463 e. The van der Waals surface area contributed by atoms with Crippen molar-refractivity contribution < 1.29 is 44.8 Å². The number of nitrogens with two attached hydrogens (primary N) is 4. The molecule has 6 rings (SSSR count). The van der Waals surface area contributed by atoms with Gasteiger partial charge in [-0.3, -0.25) is 25.6 Å². The third-order valence-electron chi connectivity index (χ3n) is 12.8. The molecule has 0 spiro atoms. The normalized spacial score (nSPS) is 37.1. The zero-order valence-corrected chi connectivity index (χ0v) is 31.4. The van der Waals surface area contributed by atoms with Crippen LogP contribution in [0, 0.1) is 29.6 Å². The molecule has 6 aliphatic rings. The zero-order chi connectivity index (χ0) is 36.2. The Labute approximate surface area is 303 Å². The second-order valence-corrected chi connectivity index (χ2v) is 16.1. The number of esters is 1. The van der Waals surface area contributed by atoms with Gasteiger partial charge in [-0.2, -0.15) is 0 Å². The molecule has 2 saturated carbocycles. The highest BCUT2D eigenvalue weighted by Gasteiger charge is 2.86. The minimum Gasteiger partial charge on any atom is -0.463 e. The third kappa shape index (κ3) is 7.62. The van der Waals surface area contributed by atoms with Crippen LogP contribution in [0.15, 0.2) is 35.5 Å². The number of nitrogens with one attached hydrogen (secondary N) is 3. The molecule has 11 N–H and O–H groups in total. The second kappa shape index (κ2) is 16.4. The number of fused-ring (bicyclic) bond motifs is 3. The number of ketones is 2. The van der Waals surface area contributed by atoms with Crippen molar-refractivity contribution in [3.8, 4) is 0 Å². The Kier molecular flexibility index (Phi) is 12.2. The van der Waals surface area contributed by atoms with Crippen molar-refractivity contribution in [2.45, 2.75) is 114 Å². The van der Waals surface area contributed by atoms with Gasteiger partial charge in [0.05, 0.1) is 33.2 Å². The van der Waals surface area contributed by atoms with Crippen molar-refractivity contribution in [1.29, 1.82) is 0 Å². The van der Waals surface area contributed by atoms with E-state index >= 15 is 0 Å². The first-order chi connectivity index (χ1) is 24.7. The van der Waals surface area contributed by atoms with Crippen molar-refractivity contribution in [2.75, 3.05) is 40.5 Å². The van der Waals surface area contributed by atoms with Gasteiger partial charge in [0.25, 0.3) is 5.60 Å². The molecule has 0 bridgehead atoms. The van der Waals surface area contributed by atoms with E-state index in [0.29, 0.717) is 43.2 Å². The summed E-state index contributed by atoms with van der Waals surface area (Å²) in [5, 5.41) is 13.9. The number of epoxide rings is 1. The van der Waals surface area contributed by atoms with E-state index in [2.05, 4.69) is 70.7 Å². The fraction of sp³-hybridized carbons (Fsp3) is 0.744. The lowest BCUT2D eigenvalue weighted by Gasteiger charge is -2.37. The maximum absolute atomic E-state index is 14.4. The van der Waals surface area contributed by atoms with Crippen LogP contribution in [0.4, 0.5) is 0 Å². The van der Waals surface area contributed by atoms with Crippen LogP contribution in [0.3, 0.4) is 0 Å². The summed E-state index contributed by atoms with van der Waals surface area (Å²) in [6.45, 7) is 7.24. The molecule has 2 aliphatic heterocycles. The van der Waals surface area contributed by atoms with E-state index < -0.39 is 29.0 Å². The smallest absolute Gasteiger partial charge is 0.350 e. The first kappa shape index (κ1) is 37.8. The molecule has 4 aliphatic carbocycles. The third-order valence-corrected chi connectivity index (χ3v) is 12.8. The summed E-state index contributed by atoms with van der Waals surface area (Å²) in [5.41, 5.74) is 5.38. The van der Waals surface area contributed by atoms with E-state index in [1.807, 2.05) is 13.1 Å². The number of ether oxygens (including phenoxy) is 2. The van der Waals surface area contributed by atoms with Gasteiger partial charge in [0.2, 0.25) is 0 Å². The summed E-state index contributed by atoms with van der Waals surface area (Å²) >= 11 is 0. The predicted molar refractivity (Wildman–Crippen MR) is 192 cm³/mol. The SMILES string of the molecule is CC[NH2+]C1C=C2C=CCCC2CC1COC(=O)C12OC1(CC=C(C)CC(NC(N)=[NH+]C)C1CC[NH2+]C(NC[NH2+]C)C1)C(=O)C1CCCCC1C2=O. The Morgan fingerprint density at radius 1 is 1.20 bits per heavy atom. The Morgan fingerprint density at radius 2 is 1.98 bits per heavy atom. The Hall–Kier alpha value is -2.90. The zero-order valence-electron chi connectivity index (χ0n) is 31.4. The molecule has 51 heavy (non-hydrogen) atoms. The van der Waals surface area contributed by atoms with Crippen molar-refractivity contribution in [3.05, 3.63) is 35.5 Å². The monoisotopic (exact) mass is 712 g/mol. The molecule has 0 aromatic carbocycles. The summed E-state index contributed by atoms with van der Waals surface area (Å²) < 4.78 is 12.4. The van der Waals surface area contributed by atoms with Gasteiger partial charge in [-0.05, 0) is 63.5 Å². The van der Waals surface area contributed by atoms with E-state index in [9.17, 15) is 14.4 Å². The van der Waals surface area contributed by atoms with E-state index in [-0.39, 0.29) is 42.6 Å². The van der Waals surface area contributed by atoms with Crippen molar-refractivity contribution in [1.82, 2.24) is 10.6 Å².